The Hall–Kier alpha value is -3.65. The number of rotatable bonds is 8. The molecule has 4 rings (SSSR count). The molecule has 3 aromatic carbocycles. The van der Waals surface area contributed by atoms with Gasteiger partial charge < -0.3 is 9.72 Å². The summed E-state index contributed by atoms with van der Waals surface area (Å²) in [5.74, 6) is 0.336. The van der Waals surface area contributed by atoms with Crippen LogP contribution in [0.25, 0.3) is 11.0 Å². The number of hydrazone groups is 1. The van der Waals surface area contributed by atoms with Crippen molar-refractivity contribution in [3.63, 3.8) is 0 Å². The zero-order valence-electron chi connectivity index (χ0n) is 16.4. The summed E-state index contributed by atoms with van der Waals surface area (Å²) < 4.78 is 18.7. The molecule has 0 bridgehead atoms. The van der Waals surface area contributed by atoms with Gasteiger partial charge in [-0.3, -0.25) is 4.79 Å². The molecule has 0 saturated carbocycles. The lowest BCUT2D eigenvalue weighted by molar-refractivity contribution is -0.118. The van der Waals surface area contributed by atoms with Gasteiger partial charge in [-0.15, -0.1) is 0 Å². The molecule has 4 aromatic rings. The van der Waals surface area contributed by atoms with E-state index >= 15 is 0 Å². The van der Waals surface area contributed by atoms with Crippen molar-refractivity contribution in [1.82, 2.24) is 15.4 Å². The van der Waals surface area contributed by atoms with Gasteiger partial charge in [0.1, 0.15) is 18.2 Å². The maximum atomic E-state index is 13.0. The van der Waals surface area contributed by atoms with Gasteiger partial charge in [0.2, 0.25) is 0 Å². The van der Waals surface area contributed by atoms with Crippen LogP contribution in [0.15, 0.2) is 83.1 Å². The van der Waals surface area contributed by atoms with E-state index in [1.54, 1.807) is 18.3 Å². The summed E-state index contributed by atoms with van der Waals surface area (Å²) in [6.45, 7) is 0.330. The Labute approximate surface area is 182 Å². The molecule has 0 radical (unpaired) electrons. The van der Waals surface area contributed by atoms with E-state index in [4.69, 9.17) is 4.74 Å². The van der Waals surface area contributed by atoms with Crippen molar-refractivity contribution in [1.29, 1.82) is 0 Å². The number of amides is 1. The number of H-pyrrole nitrogens is 1. The van der Waals surface area contributed by atoms with Gasteiger partial charge in [0.05, 0.1) is 23.0 Å². The summed E-state index contributed by atoms with van der Waals surface area (Å²) in [7, 11) is 0. The van der Waals surface area contributed by atoms with E-state index in [2.05, 4.69) is 20.5 Å². The van der Waals surface area contributed by atoms with E-state index in [0.717, 1.165) is 22.2 Å². The quantitative estimate of drug-likeness (QED) is 0.243. The Bertz CT molecular complexity index is 1170. The molecule has 1 aromatic heterocycles. The average molecular weight is 434 g/mol. The summed E-state index contributed by atoms with van der Waals surface area (Å²) in [6.07, 6.45) is 1.55. The monoisotopic (exact) mass is 434 g/mol. The number of para-hydroxylation sites is 2. The minimum absolute atomic E-state index is 0.192. The number of hydrogen-bond donors (Lipinski definition) is 2. The first-order valence-corrected chi connectivity index (χ1v) is 10.5. The molecule has 31 heavy (non-hydrogen) atoms. The Morgan fingerprint density at radius 2 is 1.97 bits per heavy atom. The van der Waals surface area contributed by atoms with Crippen LogP contribution in [-0.4, -0.2) is 27.8 Å². The normalized spacial score (nSPS) is 11.1. The van der Waals surface area contributed by atoms with Crippen LogP contribution in [0, 0.1) is 5.82 Å². The van der Waals surface area contributed by atoms with Crippen molar-refractivity contribution in [3.05, 3.63) is 89.7 Å². The standard InChI is InChI=1S/C23H19FN4O2S/c24-18-10-8-16(9-11-18)14-30-19-5-3-4-17(12-19)13-25-28-22(29)15-31-23-26-20-6-1-2-7-21(20)27-23/h1-13H,14-15H2,(H,26,27)(H,28,29)/b25-13+. The lowest BCUT2D eigenvalue weighted by Gasteiger charge is -2.07. The van der Waals surface area contributed by atoms with Gasteiger partial charge >= 0.3 is 0 Å². The van der Waals surface area contributed by atoms with Gasteiger partial charge in [-0.25, -0.2) is 14.8 Å². The Morgan fingerprint density at radius 1 is 1.13 bits per heavy atom. The maximum absolute atomic E-state index is 13.0. The van der Waals surface area contributed by atoms with Crippen LogP contribution >= 0.6 is 11.8 Å². The highest BCUT2D eigenvalue weighted by atomic mass is 32.2. The lowest BCUT2D eigenvalue weighted by Crippen LogP contribution is -2.19. The van der Waals surface area contributed by atoms with Crippen LogP contribution in [0.3, 0.4) is 0 Å². The first-order valence-electron chi connectivity index (χ1n) is 9.52. The highest BCUT2D eigenvalue weighted by Gasteiger charge is 2.06. The minimum Gasteiger partial charge on any atom is -0.489 e. The fourth-order valence-electron chi connectivity index (χ4n) is 2.77. The van der Waals surface area contributed by atoms with Gasteiger partial charge in [-0.2, -0.15) is 5.10 Å². The minimum atomic E-state index is -0.278. The molecule has 8 heteroatoms. The van der Waals surface area contributed by atoms with Crippen molar-refractivity contribution < 1.29 is 13.9 Å². The van der Waals surface area contributed by atoms with Crippen molar-refractivity contribution in [2.45, 2.75) is 11.8 Å². The molecule has 0 saturated heterocycles. The number of benzene rings is 3. The Kier molecular flexibility index (Phi) is 6.59. The Morgan fingerprint density at radius 3 is 2.81 bits per heavy atom. The zero-order chi connectivity index (χ0) is 21.5. The van der Waals surface area contributed by atoms with Crippen LogP contribution in [0.5, 0.6) is 5.75 Å². The van der Waals surface area contributed by atoms with Crippen molar-refractivity contribution in [2.24, 2.45) is 5.10 Å². The third-order valence-corrected chi connectivity index (χ3v) is 5.16. The smallest absolute Gasteiger partial charge is 0.250 e. The average Bonchev–Trinajstić information content (AvgIpc) is 3.21. The molecule has 0 aliphatic carbocycles. The number of carbonyl (C=O) groups is 1. The van der Waals surface area contributed by atoms with Crippen molar-refractivity contribution in [2.75, 3.05) is 5.75 Å². The van der Waals surface area contributed by atoms with Crippen LogP contribution < -0.4 is 10.2 Å². The van der Waals surface area contributed by atoms with Crippen molar-refractivity contribution >= 4 is 34.9 Å². The largest absolute Gasteiger partial charge is 0.489 e. The van der Waals surface area contributed by atoms with Crippen LogP contribution in [0.1, 0.15) is 11.1 Å². The maximum Gasteiger partial charge on any atom is 0.250 e. The lowest BCUT2D eigenvalue weighted by atomic mass is 10.2. The summed E-state index contributed by atoms with van der Waals surface area (Å²) in [5.41, 5.74) is 5.96. The number of ether oxygens (including phenoxy) is 1. The predicted molar refractivity (Wildman–Crippen MR) is 120 cm³/mol. The Balaban J connectivity index is 1.25. The first kappa shape index (κ1) is 20.6. The van der Waals surface area contributed by atoms with E-state index in [-0.39, 0.29) is 17.5 Å². The van der Waals surface area contributed by atoms with Crippen LogP contribution in [-0.2, 0) is 11.4 Å². The van der Waals surface area contributed by atoms with E-state index in [1.807, 2.05) is 48.5 Å². The summed E-state index contributed by atoms with van der Waals surface area (Å²) >= 11 is 1.31. The first-order chi connectivity index (χ1) is 15.2. The van der Waals surface area contributed by atoms with Gasteiger partial charge in [0, 0.05) is 0 Å². The number of nitrogens with zero attached hydrogens (tertiary/aromatic N) is 2. The van der Waals surface area contributed by atoms with E-state index in [9.17, 15) is 9.18 Å². The molecule has 1 amide bonds. The highest BCUT2D eigenvalue weighted by Crippen LogP contribution is 2.19. The number of aromatic nitrogens is 2. The SMILES string of the molecule is O=C(CSc1nc2ccccc2[nH]1)N/N=C/c1cccc(OCc2ccc(F)cc2)c1. The third kappa shape index (κ3) is 5.93. The molecule has 0 aliphatic heterocycles. The van der Waals surface area contributed by atoms with Gasteiger partial charge in [0.25, 0.3) is 5.91 Å². The summed E-state index contributed by atoms with van der Waals surface area (Å²) in [5, 5.41) is 4.69. The molecular weight excluding hydrogens is 415 g/mol. The summed E-state index contributed by atoms with van der Waals surface area (Å²) in [4.78, 5) is 19.6. The van der Waals surface area contributed by atoms with Gasteiger partial charge in [0.15, 0.2) is 5.16 Å². The zero-order valence-corrected chi connectivity index (χ0v) is 17.2. The van der Waals surface area contributed by atoms with Crippen LogP contribution in [0.2, 0.25) is 0 Å². The number of fused-ring (bicyclic) bond motifs is 1. The van der Waals surface area contributed by atoms with Gasteiger partial charge in [-0.05, 0) is 47.5 Å². The van der Waals surface area contributed by atoms with Crippen molar-refractivity contribution in [3.8, 4) is 5.75 Å². The molecular formula is C23H19FN4O2S. The fourth-order valence-corrected chi connectivity index (χ4v) is 3.45. The second-order valence-corrected chi connectivity index (χ2v) is 7.59. The fraction of sp³-hybridized carbons (Fsp3) is 0.0870. The number of hydrogen-bond acceptors (Lipinski definition) is 5. The topological polar surface area (TPSA) is 79.4 Å². The number of carbonyl (C=O) groups excluding carboxylic acids is 1. The molecule has 0 fully saturated rings. The molecule has 1 heterocycles. The highest BCUT2D eigenvalue weighted by molar-refractivity contribution is 7.99. The van der Waals surface area contributed by atoms with E-state index in [1.165, 1.54) is 23.9 Å². The second-order valence-electron chi connectivity index (χ2n) is 6.63. The molecule has 0 unspecified atom stereocenters. The number of imidazole rings is 1. The van der Waals surface area contributed by atoms with E-state index in [0.29, 0.717) is 17.5 Å². The molecule has 0 aliphatic rings. The molecule has 2 N–H and O–H groups in total. The van der Waals surface area contributed by atoms with E-state index < -0.39 is 0 Å². The molecule has 156 valence electrons. The number of thioether (sulfide) groups is 1. The number of nitrogens with one attached hydrogen (secondary N) is 2. The molecule has 0 atom stereocenters. The second kappa shape index (κ2) is 9.90. The van der Waals surface area contributed by atoms with Gasteiger partial charge in [-0.1, -0.05) is 48.2 Å². The molecule has 0 spiro atoms. The van der Waals surface area contributed by atoms with Crippen LogP contribution in [0.4, 0.5) is 4.39 Å². The third-order valence-electron chi connectivity index (χ3n) is 4.29. The predicted octanol–water partition coefficient (Wildman–Crippen LogP) is 4.52. The molecule has 6 nitrogen and oxygen atoms in total. The number of halogens is 1. The number of aromatic amines is 1. The summed E-state index contributed by atoms with van der Waals surface area (Å²) in [6, 6.07) is 21.2.